The highest BCUT2D eigenvalue weighted by Gasteiger charge is 2.22. The van der Waals surface area contributed by atoms with Crippen molar-refractivity contribution in [3.05, 3.63) is 23.9 Å². The smallest absolute Gasteiger partial charge is 0.128 e. The lowest BCUT2D eigenvalue weighted by molar-refractivity contribution is 0.443. The Morgan fingerprint density at radius 3 is 3.07 bits per heavy atom. The average molecular weight is 191 g/mol. The van der Waals surface area contributed by atoms with E-state index in [9.17, 15) is 0 Å². The van der Waals surface area contributed by atoms with Gasteiger partial charge in [-0.1, -0.05) is 0 Å². The average Bonchev–Trinajstić information content (AvgIpc) is 2.46. The van der Waals surface area contributed by atoms with Crippen LogP contribution in [0.4, 0.5) is 0 Å². The van der Waals surface area contributed by atoms with Crippen molar-refractivity contribution in [2.75, 3.05) is 27.2 Å². The zero-order valence-electron chi connectivity index (χ0n) is 9.07. The molecule has 2 rings (SSSR count). The molecule has 76 valence electrons. The van der Waals surface area contributed by atoms with Gasteiger partial charge < -0.3 is 9.80 Å². The van der Waals surface area contributed by atoms with Crippen molar-refractivity contribution in [2.45, 2.75) is 13.0 Å². The second-order valence-electron chi connectivity index (χ2n) is 4.23. The highest BCUT2D eigenvalue weighted by molar-refractivity contribution is 5.97. The number of amidine groups is 1. The Bertz CT molecular complexity index is 312. The van der Waals surface area contributed by atoms with Crippen molar-refractivity contribution < 1.29 is 0 Å². The first-order chi connectivity index (χ1) is 6.66. The van der Waals surface area contributed by atoms with Crippen LogP contribution in [0.1, 0.15) is 6.92 Å². The van der Waals surface area contributed by atoms with Crippen LogP contribution >= 0.6 is 0 Å². The van der Waals surface area contributed by atoms with Gasteiger partial charge in [0.1, 0.15) is 5.84 Å². The van der Waals surface area contributed by atoms with Gasteiger partial charge in [-0.3, -0.25) is 4.99 Å². The summed E-state index contributed by atoms with van der Waals surface area (Å²) in [6.45, 7) is 4.11. The van der Waals surface area contributed by atoms with Crippen LogP contribution in [-0.2, 0) is 0 Å². The van der Waals surface area contributed by atoms with E-state index in [1.165, 1.54) is 5.57 Å². The van der Waals surface area contributed by atoms with Gasteiger partial charge in [-0.2, -0.15) is 0 Å². The Morgan fingerprint density at radius 2 is 2.36 bits per heavy atom. The fraction of sp³-hybridized carbons (Fsp3) is 0.545. The number of fused-ring (bicyclic) bond motifs is 1. The van der Waals surface area contributed by atoms with Crippen LogP contribution in [-0.4, -0.2) is 48.9 Å². The molecule has 2 aliphatic heterocycles. The number of nitrogens with zero attached hydrogens (tertiary/aromatic N) is 3. The molecule has 0 aromatic heterocycles. The van der Waals surface area contributed by atoms with Gasteiger partial charge >= 0.3 is 0 Å². The van der Waals surface area contributed by atoms with Crippen LogP contribution in [0.25, 0.3) is 0 Å². The molecule has 0 amide bonds. The van der Waals surface area contributed by atoms with E-state index in [4.69, 9.17) is 0 Å². The molecule has 14 heavy (non-hydrogen) atoms. The molecule has 2 heterocycles. The summed E-state index contributed by atoms with van der Waals surface area (Å²) in [5, 5.41) is 0. The molecule has 2 aliphatic rings. The Balaban J connectivity index is 2.12. The van der Waals surface area contributed by atoms with Gasteiger partial charge in [0.25, 0.3) is 0 Å². The largest absolute Gasteiger partial charge is 0.329 e. The van der Waals surface area contributed by atoms with Gasteiger partial charge in [0.15, 0.2) is 0 Å². The fourth-order valence-electron chi connectivity index (χ4n) is 1.82. The number of aliphatic imine (C=N–C) groups is 1. The normalized spacial score (nSPS) is 25.1. The minimum absolute atomic E-state index is 0.526. The maximum atomic E-state index is 4.49. The summed E-state index contributed by atoms with van der Waals surface area (Å²) < 4.78 is 0. The molecule has 0 saturated heterocycles. The molecule has 0 aromatic rings. The highest BCUT2D eigenvalue weighted by Crippen LogP contribution is 2.18. The first kappa shape index (κ1) is 9.46. The first-order valence-electron chi connectivity index (χ1n) is 5.03. The van der Waals surface area contributed by atoms with Gasteiger partial charge in [0.2, 0.25) is 0 Å². The predicted molar refractivity (Wildman–Crippen MR) is 59.4 cm³/mol. The summed E-state index contributed by atoms with van der Waals surface area (Å²) in [4.78, 5) is 8.90. The lowest BCUT2D eigenvalue weighted by Gasteiger charge is -2.24. The minimum Gasteiger partial charge on any atom is -0.329 e. The van der Waals surface area contributed by atoms with Crippen molar-refractivity contribution in [1.29, 1.82) is 0 Å². The number of hydrogen-bond donors (Lipinski definition) is 0. The van der Waals surface area contributed by atoms with E-state index in [2.05, 4.69) is 54.2 Å². The van der Waals surface area contributed by atoms with Crippen LogP contribution in [0.2, 0.25) is 0 Å². The van der Waals surface area contributed by atoms with E-state index >= 15 is 0 Å². The SMILES string of the molecule is CC1CN=C2C=C(CN(C)C)C=CN21. The third kappa shape index (κ3) is 1.73. The summed E-state index contributed by atoms with van der Waals surface area (Å²) >= 11 is 0. The van der Waals surface area contributed by atoms with Crippen LogP contribution in [0.3, 0.4) is 0 Å². The standard InChI is InChI=1S/C11H17N3/c1-9-7-12-11-6-10(8-13(2)3)4-5-14(9)11/h4-6,9H,7-8H2,1-3H3. The van der Waals surface area contributed by atoms with Crippen LogP contribution in [0, 0.1) is 0 Å². The van der Waals surface area contributed by atoms with Crippen molar-refractivity contribution in [1.82, 2.24) is 9.80 Å². The van der Waals surface area contributed by atoms with Gasteiger partial charge in [0, 0.05) is 12.7 Å². The van der Waals surface area contributed by atoms with Crippen LogP contribution < -0.4 is 0 Å². The highest BCUT2D eigenvalue weighted by atomic mass is 15.3. The Hall–Kier alpha value is -1.09. The predicted octanol–water partition coefficient (Wildman–Crippen LogP) is 1.10. The summed E-state index contributed by atoms with van der Waals surface area (Å²) in [5.41, 5.74) is 1.33. The summed E-state index contributed by atoms with van der Waals surface area (Å²) in [6, 6.07) is 0.526. The van der Waals surface area contributed by atoms with E-state index < -0.39 is 0 Å². The molecule has 3 heteroatoms. The van der Waals surface area contributed by atoms with Crippen molar-refractivity contribution >= 4 is 5.84 Å². The molecule has 0 fully saturated rings. The monoisotopic (exact) mass is 191 g/mol. The molecule has 0 bridgehead atoms. The molecular formula is C11H17N3. The molecule has 1 atom stereocenters. The maximum Gasteiger partial charge on any atom is 0.128 e. The number of hydrogen-bond acceptors (Lipinski definition) is 3. The molecule has 0 N–H and O–H groups in total. The first-order valence-corrected chi connectivity index (χ1v) is 5.03. The third-order valence-corrected chi connectivity index (χ3v) is 2.52. The van der Waals surface area contributed by atoms with E-state index in [-0.39, 0.29) is 0 Å². The topological polar surface area (TPSA) is 18.8 Å². The second kappa shape index (κ2) is 3.58. The van der Waals surface area contributed by atoms with Crippen molar-refractivity contribution in [2.24, 2.45) is 4.99 Å². The molecular weight excluding hydrogens is 174 g/mol. The Morgan fingerprint density at radius 1 is 1.57 bits per heavy atom. The molecule has 0 radical (unpaired) electrons. The molecule has 0 aromatic carbocycles. The minimum atomic E-state index is 0.526. The third-order valence-electron chi connectivity index (χ3n) is 2.52. The molecule has 0 aliphatic carbocycles. The summed E-state index contributed by atoms with van der Waals surface area (Å²) in [6.07, 6.45) is 6.51. The second-order valence-corrected chi connectivity index (χ2v) is 4.23. The van der Waals surface area contributed by atoms with E-state index in [0.29, 0.717) is 6.04 Å². The van der Waals surface area contributed by atoms with Gasteiger partial charge in [0.05, 0.1) is 12.6 Å². The van der Waals surface area contributed by atoms with Crippen LogP contribution in [0.5, 0.6) is 0 Å². The van der Waals surface area contributed by atoms with E-state index in [1.54, 1.807) is 0 Å². The molecule has 0 saturated carbocycles. The lowest BCUT2D eigenvalue weighted by Crippen LogP contribution is -2.31. The zero-order valence-corrected chi connectivity index (χ0v) is 9.07. The Kier molecular flexibility index (Phi) is 2.42. The molecule has 3 nitrogen and oxygen atoms in total. The van der Waals surface area contributed by atoms with Gasteiger partial charge in [-0.05, 0) is 38.7 Å². The van der Waals surface area contributed by atoms with E-state index in [0.717, 1.165) is 18.9 Å². The van der Waals surface area contributed by atoms with Crippen molar-refractivity contribution in [3.63, 3.8) is 0 Å². The lowest BCUT2D eigenvalue weighted by atomic mass is 10.1. The number of likely N-dealkylation sites (N-methyl/N-ethyl adjacent to an activating group) is 1. The quantitative estimate of drug-likeness (QED) is 0.651. The van der Waals surface area contributed by atoms with Gasteiger partial charge in [-0.15, -0.1) is 0 Å². The summed E-state index contributed by atoms with van der Waals surface area (Å²) in [5.74, 6) is 1.12. The molecule has 0 spiro atoms. The van der Waals surface area contributed by atoms with E-state index in [1.807, 2.05) is 0 Å². The van der Waals surface area contributed by atoms with Crippen LogP contribution in [0.15, 0.2) is 28.9 Å². The summed E-state index contributed by atoms with van der Waals surface area (Å²) in [7, 11) is 4.17. The fourth-order valence-corrected chi connectivity index (χ4v) is 1.82. The zero-order chi connectivity index (χ0) is 10.1. The number of rotatable bonds is 2. The van der Waals surface area contributed by atoms with Gasteiger partial charge in [-0.25, -0.2) is 0 Å². The maximum absolute atomic E-state index is 4.49. The molecule has 1 unspecified atom stereocenters. The Labute approximate surface area is 85.4 Å². The van der Waals surface area contributed by atoms with Crippen molar-refractivity contribution in [3.8, 4) is 0 Å².